The molecule has 0 saturated heterocycles. The molecule has 0 fully saturated rings. The fraction of sp³-hybridized carbons (Fsp3) is 0.429. The van der Waals surface area contributed by atoms with Crippen molar-refractivity contribution < 1.29 is 23.8 Å². The molecule has 0 spiro atoms. The summed E-state index contributed by atoms with van der Waals surface area (Å²) in [5.74, 6) is -0.215. The molecule has 0 radical (unpaired) electrons. The van der Waals surface area contributed by atoms with Gasteiger partial charge in [0.25, 0.3) is 0 Å². The topological polar surface area (TPSA) is 85.9 Å². The van der Waals surface area contributed by atoms with E-state index in [0.29, 0.717) is 50.0 Å². The van der Waals surface area contributed by atoms with Crippen LogP contribution in [0, 0.1) is 0 Å². The molecule has 7 nitrogen and oxygen atoms in total. The first-order chi connectivity index (χ1) is 10.2. The molecule has 0 saturated carbocycles. The summed E-state index contributed by atoms with van der Waals surface area (Å²) in [5, 5.41) is 5.03. The molecule has 0 atom stereocenters. The molecular formula is C14H18N2O5. The minimum absolute atomic E-state index is 0.390. The van der Waals surface area contributed by atoms with E-state index in [1.165, 1.54) is 0 Å². The number of methoxy groups -OCH3 is 1. The number of rotatable bonds is 5. The normalized spacial score (nSPS) is 12.6. The Balaban J connectivity index is 1.86. The van der Waals surface area contributed by atoms with Crippen molar-refractivity contribution in [1.29, 1.82) is 0 Å². The second kappa shape index (κ2) is 7.49. The van der Waals surface area contributed by atoms with E-state index in [9.17, 15) is 9.59 Å². The third kappa shape index (κ3) is 4.35. The van der Waals surface area contributed by atoms with Crippen LogP contribution in [-0.2, 0) is 14.3 Å². The average Bonchev–Trinajstić information content (AvgIpc) is 2.51. The molecule has 1 aliphatic rings. The Morgan fingerprint density at radius 3 is 2.71 bits per heavy atom. The van der Waals surface area contributed by atoms with Crippen molar-refractivity contribution in [3.8, 4) is 11.5 Å². The molecule has 0 unspecified atom stereocenters. The molecule has 114 valence electrons. The van der Waals surface area contributed by atoms with Gasteiger partial charge in [-0.15, -0.1) is 0 Å². The molecule has 1 aliphatic heterocycles. The lowest BCUT2D eigenvalue weighted by Gasteiger charge is -2.18. The highest BCUT2D eigenvalue weighted by atomic mass is 16.6. The summed E-state index contributed by atoms with van der Waals surface area (Å²) >= 11 is 0. The van der Waals surface area contributed by atoms with E-state index < -0.39 is 11.8 Å². The van der Waals surface area contributed by atoms with Gasteiger partial charge in [0.2, 0.25) is 0 Å². The zero-order valence-electron chi connectivity index (χ0n) is 11.8. The second-order valence-corrected chi connectivity index (χ2v) is 4.41. The third-order valence-electron chi connectivity index (χ3n) is 2.82. The van der Waals surface area contributed by atoms with Gasteiger partial charge < -0.3 is 24.8 Å². The van der Waals surface area contributed by atoms with Gasteiger partial charge in [0.05, 0.1) is 0 Å². The lowest BCUT2D eigenvalue weighted by Crippen LogP contribution is -2.36. The molecule has 0 aromatic heterocycles. The Hall–Kier alpha value is -2.28. The van der Waals surface area contributed by atoms with Crippen LogP contribution in [0.15, 0.2) is 18.2 Å². The van der Waals surface area contributed by atoms with Crippen molar-refractivity contribution in [2.24, 2.45) is 0 Å². The smallest absolute Gasteiger partial charge is 0.313 e. The molecule has 1 heterocycles. The van der Waals surface area contributed by atoms with Gasteiger partial charge in [-0.1, -0.05) is 0 Å². The summed E-state index contributed by atoms with van der Waals surface area (Å²) < 4.78 is 15.6. The van der Waals surface area contributed by atoms with E-state index >= 15 is 0 Å². The minimum Gasteiger partial charge on any atom is -0.486 e. The first-order valence-corrected chi connectivity index (χ1v) is 6.68. The predicted octanol–water partition coefficient (Wildman–Crippen LogP) is 0.549. The van der Waals surface area contributed by atoms with Crippen LogP contribution in [-0.4, -0.2) is 45.3 Å². The average molecular weight is 294 g/mol. The maximum Gasteiger partial charge on any atom is 0.313 e. The fourth-order valence-electron chi connectivity index (χ4n) is 1.81. The minimum atomic E-state index is -0.718. The standard InChI is InChI=1S/C14H18N2O5/c1-19-6-2-5-15-13(17)14(18)16-10-3-4-11-12(9-10)21-8-7-20-11/h3-4,9H,2,5-8H2,1H3,(H,15,17)(H,16,18). The molecule has 1 aromatic carbocycles. The number of nitrogens with one attached hydrogen (secondary N) is 2. The van der Waals surface area contributed by atoms with Crippen molar-refractivity contribution >= 4 is 17.5 Å². The van der Waals surface area contributed by atoms with Gasteiger partial charge in [0.1, 0.15) is 13.2 Å². The zero-order chi connectivity index (χ0) is 15.1. The van der Waals surface area contributed by atoms with E-state index in [4.69, 9.17) is 14.2 Å². The van der Waals surface area contributed by atoms with Crippen LogP contribution < -0.4 is 20.1 Å². The quantitative estimate of drug-likeness (QED) is 0.612. The molecule has 21 heavy (non-hydrogen) atoms. The number of fused-ring (bicyclic) bond motifs is 1. The van der Waals surface area contributed by atoms with Crippen molar-refractivity contribution in [2.45, 2.75) is 6.42 Å². The summed E-state index contributed by atoms with van der Waals surface area (Å²) in [4.78, 5) is 23.3. The monoisotopic (exact) mass is 294 g/mol. The van der Waals surface area contributed by atoms with Crippen LogP contribution in [0.25, 0.3) is 0 Å². The molecule has 2 rings (SSSR count). The van der Waals surface area contributed by atoms with Gasteiger partial charge in [0.15, 0.2) is 11.5 Å². The van der Waals surface area contributed by atoms with Gasteiger partial charge in [-0.2, -0.15) is 0 Å². The number of carbonyl (C=O) groups excluding carboxylic acids is 2. The number of anilines is 1. The largest absolute Gasteiger partial charge is 0.486 e. The molecule has 0 aliphatic carbocycles. The van der Waals surface area contributed by atoms with E-state index in [-0.39, 0.29) is 0 Å². The maximum absolute atomic E-state index is 11.7. The fourth-order valence-corrected chi connectivity index (χ4v) is 1.81. The van der Waals surface area contributed by atoms with Gasteiger partial charge in [-0.25, -0.2) is 0 Å². The van der Waals surface area contributed by atoms with Crippen LogP contribution in [0.5, 0.6) is 11.5 Å². The van der Waals surface area contributed by atoms with Gasteiger partial charge in [-0.3, -0.25) is 9.59 Å². The summed E-state index contributed by atoms with van der Waals surface area (Å²) in [5.41, 5.74) is 0.483. The number of carbonyl (C=O) groups is 2. The summed E-state index contributed by atoms with van der Waals surface area (Å²) in [7, 11) is 1.58. The lowest BCUT2D eigenvalue weighted by molar-refractivity contribution is -0.136. The van der Waals surface area contributed by atoms with E-state index in [0.717, 1.165) is 0 Å². The number of hydrogen-bond acceptors (Lipinski definition) is 5. The molecule has 7 heteroatoms. The highest BCUT2D eigenvalue weighted by Gasteiger charge is 2.16. The number of amides is 2. The number of ether oxygens (including phenoxy) is 3. The second-order valence-electron chi connectivity index (χ2n) is 4.41. The van der Waals surface area contributed by atoms with Crippen molar-refractivity contribution in [2.75, 3.05) is 38.8 Å². The zero-order valence-corrected chi connectivity index (χ0v) is 11.8. The van der Waals surface area contributed by atoms with E-state index in [1.54, 1.807) is 25.3 Å². The van der Waals surface area contributed by atoms with Crippen LogP contribution in [0.2, 0.25) is 0 Å². The van der Waals surface area contributed by atoms with Crippen LogP contribution >= 0.6 is 0 Å². The van der Waals surface area contributed by atoms with Crippen LogP contribution in [0.4, 0.5) is 5.69 Å². The van der Waals surface area contributed by atoms with Crippen molar-refractivity contribution in [1.82, 2.24) is 5.32 Å². The Kier molecular flexibility index (Phi) is 5.39. The van der Waals surface area contributed by atoms with Crippen LogP contribution in [0.1, 0.15) is 6.42 Å². The first kappa shape index (κ1) is 15.1. The molecule has 2 amide bonds. The van der Waals surface area contributed by atoms with E-state index in [1.807, 2.05) is 0 Å². The Bertz CT molecular complexity index is 518. The van der Waals surface area contributed by atoms with Gasteiger partial charge >= 0.3 is 11.8 Å². The highest BCUT2D eigenvalue weighted by Crippen LogP contribution is 2.32. The third-order valence-corrected chi connectivity index (χ3v) is 2.82. The van der Waals surface area contributed by atoms with E-state index in [2.05, 4.69) is 10.6 Å². The number of hydrogen-bond donors (Lipinski definition) is 2. The molecule has 0 bridgehead atoms. The predicted molar refractivity (Wildman–Crippen MR) is 75.6 cm³/mol. The Morgan fingerprint density at radius 1 is 1.19 bits per heavy atom. The SMILES string of the molecule is COCCCNC(=O)C(=O)Nc1ccc2c(c1)OCCO2. The molecular weight excluding hydrogens is 276 g/mol. The summed E-state index contributed by atoms with van der Waals surface area (Å²) in [6.45, 7) is 1.89. The lowest BCUT2D eigenvalue weighted by atomic mass is 10.2. The first-order valence-electron chi connectivity index (χ1n) is 6.68. The number of benzene rings is 1. The highest BCUT2D eigenvalue weighted by molar-refractivity contribution is 6.39. The summed E-state index contributed by atoms with van der Waals surface area (Å²) in [6, 6.07) is 4.98. The van der Waals surface area contributed by atoms with Gasteiger partial charge in [0, 0.05) is 32.0 Å². The van der Waals surface area contributed by atoms with Crippen LogP contribution in [0.3, 0.4) is 0 Å². The van der Waals surface area contributed by atoms with Gasteiger partial charge in [-0.05, 0) is 18.6 Å². The molecule has 1 aromatic rings. The summed E-state index contributed by atoms with van der Waals surface area (Å²) in [6.07, 6.45) is 0.652. The maximum atomic E-state index is 11.7. The Morgan fingerprint density at radius 2 is 1.95 bits per heavy atom. The van der Waals surface area contributed by atoms with Crippen molar-refractivity contribution in [3.63, 3.8) is 0 Å². The Labute approximate surface area is 122 Å². The molecule has 2 N–H and O–H groups in total. The van der Waals surface area contributed by atoms with Crippen molar-refractivity contribution in [3.05, 3.63) is 18.2 Å².